The Balaban J connectivity index is 1.56. The van der Waals surface area contributed by atoms with E-state index in [2.05, 4.69) is 15.4 Å². The molecule has 2 heterocycles. The zero-order valence-corrected chi connectivity index (χ0v) is 15.8. The van der Waals surface area contributed by atoms with E-state index in [-0.39, 0.29) is 12.3 Å². The van der Waals surface area contributed by atoms with Crippen molar-refractivity contribution in [3.63, 3.8) is 0 Å². The average Bonchev–Trinajstić information content (AvgIpc) is 3.25. The Hall–Kier alpha value is -3.19. The van der Waals surface area contributed by atoms with E-state index >= 15 is 0 Å². The first-order valence-electron chi connectivity index (χ1n) is 8.48. The number of methoxy groups -OCH3 is 1. The summed E-state index contributed by atoms with van der Waals surface area (Å²) in [7, 11) is 1.62. The molecular weight excluding hydrogens is 360 g/mol. The quantitative estimate of drug-likeness (QED) is 0.570. The number of hydrogen-bond acceptors (Lipinski definition) is 5. The zero-order chi connectivity index (χ0) is 18.8. The summed E-state index contributed by atoms with van der Waals surface area (Å²) < 4.78 is 7.91. The van der Waals surface area contributed by atoms with Crippen LogP contribution in [0.3, 0.4) is 0 Å². The Morgan fingerprint density at radius 3 is 2.70 bits per heavy atom. The summed E-state index contributed by atoms with van der Waals surface area (Å²) in [4.78, 5) is 17.1. The molecule has 2 aromatic carbocycles. The molecule has 7 heteroatoms. The Morgan fingerprint density at radius 2 is 1.96 bits per heavy atom. The number of benzene rings is 2. The smallest absolute Gasteiger partial charge is 0.229 e. The maximum atomic E-state index is 12.5. The number of aryl methyl sites for hydroxylation is 1. The van der Waals surface area contributed by atoms with Gasteiger partial charge in [-0.2, -0.15) is 9.78 Å². The molecule has 1 amide bonds. The third-order valence-corrected chi connectivity index (χ3v) is 5.10. The highest BCUT2D eigenvalue weighted by atomic mass is 32.1. The standard InChI is InChI=1S/C20H18N4O2S/c1-13-11-18(22-19(25)12-14-7-9-15(26-2)10-8-14)24(23-13)20-21-16-5-3-4-6-17(16)27-20/h3-11H,12H2,1-2H3,(H,22,25). The highest BCUT2D eigenvalue weighted by Crippen LogP contribution is 2.27. The molecule has 1 N–H and O–H groups in total. The lowest BCUT2D eigenvalue weighted by molar-refractivity contribution is -0.115. The fourth-order valence-electron chi connectivity index (χ4n) is 2.80. The van der Waals surface area contributed by atoms with Crippen molar-refractivity contribution in [1.82, 2.24) is 14.8 Å². The van der Waals surface area contributed by atoms with Gasteiger partial charge in [0.05, 0.1) is 29.4 Å². The Kier molecular flexibility index (Phi) is 4.60. The third-order valence-electron chi connectivity index (χ3n) is 4.09. The van der Waals surface area contributed by atoms with Crippen molar-refractivity contribution < 1.29 is 9.53 Å². The molecule has 0 fully saturated rings. The number of ether oxygens (including phenoxy) is 1. The van der Waals surface area contributed by atoms with E-state index < -0.39 is 0 Å². The van der Waals surface area contributed by atoms with Gasteiger partial charge in [0, 0.05) is 6.07 Å². The molecule has 2 aromatic heterocycles. The molecule has 0 bridgehead atoms. The number of thiazole rings is 1. The van der Waals surface area contributed by atoms with Crippen LogP contribution in [-0.2, 0) is 11.2 Å². The molecule has 0 aliphatic rings. The van der Waals surface area contributed by atoms with Gasteiger partial charge in [0.15, 0.2) is 0 Å². The highest BCUT2D eigenvalue weighted by molar-refractivity contribution is 7.20. The van der Waals surface area contributed by atoms with Crippen LogP contribution in [0.2, 0.25) is 0 Å². The molecule has 0 atom stereocenters. The number of amides is 1. The van der Waals surface area contributed by atoms with Crippen molar-refractivity contribution in [2.45, 2.75) is 13.3 Å². The van der Waals surface area contributed by atoms with Crippen LogP contribution in [0, 0.1) is 6.92 Å². The molecule has 0 aliphatic heterocycles. The van der Waals surface area contributed by atoms with Gasteiger partial charge in [0.2, 0.25) is 11.0 Å². The van der Waals surface area contributed by atoms with Crippen LogP contribution in [0.1, 0.15) is 11.3 Å². The summed E-state index contributed by atoms with van der Waals surface area (Å²) in [6.45, 7) is 1.89. The minimum absolute atomic E-state index is 0.109. The number of fused-ring (bicyclic) bond motifs is 1. The molecule has 136 valence electrons. The van der Waals surface area contributed by atoms with Crippen LogP contribution in [0.15, 0.2) is 54.6 Å². The highest BCUT2D eigenvalue weighted by Gasteiger charge is 2.14. The first-order valence-corrected chi connectivity index (χ1v) is 9.29. The second kappa shape index (κ2) is 7.20. The number of carbonyl (C=O) groups excluding carboxylic acids is 1. The van der Waals surface area contributed by atoms with E-state index in [0.29, 0.717) is 5.82 Å². The maximum absolute atomic E-state index is 12.5. The predicted molar refractivity (Wildman–Crippen MR) is 107 cm³/mol. The van der Waals surface area contributed by atoms with Crippen molar-refractivity contribution in [2.75, 3.05) is 12.4 Å². The number of carbonyl (C=O) groups is 1. The van der Waals surface area contributed by atoms with Gasteiger partial charge < -0.3 is 10.1 Å². The molecule has 4 aromatic rings. The topological polar surface area (TPSA) is 69.0 Å². The molecule has 0 aliphatic carbocycles. The maximum Gasteiger partial charge on any atom is 0.229 e. The lowest BCUT2D eigenvalue weighted by Gasteiger charge is -2.07. The van der Waals surface area contributed by atoms with Crippen molar-refractivity contribution >= 4 is 33.3 Å². The van der Waals surface area contributed by atoms with Crippen molar-refractivity contribution in [3.8, 4) is 10.9 Å². The van der Waals surface area contributed by atoms with E-state index in [1.165, 1.54) is 11.3 Å². The van der Waals surface area contributed by atoms with Crippen LogP contribution < -0.4 is 10.1 Å². The molecule has 0 spiro atoms. The SMILES string of the molecule is COc1ccc(CC(=O)Nc2cc(C)nn2-c2nc3ccccc3s2)cc1. The second-order valence-electron chi connectivity index (χ2n) is 6.12. The molecule has 0 unspecified atom stereocenters. The van der Waals surface area contributed by atoms with Gasteiger partial charge >= 0.3 is 0 Å². The summed E-state index contributed by atoms with van der Waals surface area (Å²) in [5.74, 6) is 1.27. The minimum Gasteiger partial charge on any atom is -0.497 e. The molecule has 4 rings (SSSR count). The Morgan fingerprint density at radius 1 is 1.19 bits per heavy atom. The Labute approximate surface area is 160 Å². The van der Waals surface area contributed by atoms with E-state index in [1.54, 1.807) is 11.8 Å². The van der Waals surface area contributed by atoms with Gasteiger partial charge in [-0.3, -0.25) is 4.79 Å². The first kappa shape index (κ1) is 17.2. The number of para-hydroxylation sites is 1. The van der Waals surface area contributed by atoms with E-state index in [1.807, 2.05) is 61.5 Å². The monoisotopic (exact) mass is 378 g/mol. The summed E-state index contributed by atoms with van der Waals surface area (Å²) >= 11 is 1.54. The fourth-order valence-corrected chi connectivity index (χ4v) is 3.73. The third kappa shape index (κ3) is 3.68. The van der Waals surface area contributed by atoms with Crippen LogP contribution in [-0.4, -0.2) is 27.8 Å². The van der Waals surface area contributed by atoms with Crippen LogP contribution >= 0.6 is 11.3 Å². The van der Waals surface area contributed by atoms with Crippen LogP contribution in [0.25, 0.3) is 15.3 Å². The number of aromatic nitrogens is 3. The fraction of sp³-hybridized carbons (Fsp3) is 0.150. The number of nitrogens with zero attached hydrogens (tertiary/aromatic N) is 3. The molecular formula is C20H18N4O2S. The number of hydrogen-bond donors (Lipinski definition) is 1. The van der Waals surface area contributed by atoms with Gasteiger partial charge in [0.1, 0.15) is 11.6 Å². The summed E-state index contributed by atoms with van der Waals surface area (Å²) in [6, 6.07) is 17.2. The van der Waals surface area contributed by atoms with Gasteiger partial charge in [-0.25, -0.2) is 4.98 Å². The number of anilines is 1. The molecule has 0 saturated carbocycles. The lowest BCUT2D eigenvalue weighted by atomic mass is 10.1. The van der Waals surface area contributed by atoms with Gasteiger partial charge in [-0.15, -0.1) is 0 Å². The summed E-state index contributed by atoms with van der Waals surface area (Å²) in [6.07, 6.45) is 0.272. The normalized spacial score (nSPS) is 10.9. The molecule has 0 saturated heterocycles. The summed E-state index contributed by atoms with van der Waals surface area (Å²) in [5.41, 5.74) is 2.64. The van der Waals surface area contributed by atoms with Crippen LogP contribution in [0.4, 0.5) is 5.82 Å². The minimum atomic E-state index is -0.109. The lowest BCUT2D eigenvalue weighted by Crippen LogP contribution is -2.17. The van der Waals surface area contributed by atoms with Crippen molar-refractivity contribution in [1.29, 1.82) is 0 Å². The first-order chi connectivity index (χ1) is 13.1. The predicted octanol–water partition coefficient (Wildman–Crippen LogP) is 3.98. The number of nitrogens with one attached hydrogen (secondary N) is 1. The van der Waals surface area contributed by atoms with Gasteiger partial charge in [-0.05, 0) is 36.8 Å². The average molecular weight is 378 g/mol. The Bertz CT molecular complexity index is 1070. The zero-order valence-electron chi connectivity index (χ0n) is 15.0. The van der Waals surface area contributed by atoms with Crippen molar-refractivity contribution in [2.24, 2.45) is 0 Å². The molecule has 0 radical (unpaired) electrons. The van der Waals surface area contributed by atoms with Gasteiger partial charge in [-0.1, -0.05) is 35.6 Å². The summed E-state index contributed by atoms with van der Waals surface area (Å²) in [5, 5.41) is 8.17. The van der Waals surface area contributed by atoms with Crippen LogP contribution in [0.5, 0.6) is 5.75 Å². The van der Waals surface area contributed by atoms with Crippen molar-refractivity contribution in [3.05, 3.63) is 65.9 Å². The van der Waals surface area contributed by atoms with E-state index in [0.717, 1.165) is 32.4 Å². The molecule has 6 nitrogen and oxygen atoms in total. The van der Waals surface area contributed by atoms with E-state index in [9.17, 15) is 4.79 Å². The van der Waals surface area contributed by atoms with Gasteiger partial charge in [0.25, 0.3) is 0 Å². The number of rotatable bonds is 5. The van der Waals surface area contributed by atoms with E-state index in [4.69, 9.17) is 4.74 Å². The largest absolute Gasteiger partial charge is 0.497 e. The molecule has 27 heavy (non-hydrogen) atoms. The second-order valence-corrected chi connectivity index (χ2v) is 7.13.